The number of carbonyl (C=O) groups excluding carboxylic acids is 5. The molecule has 212 valence electrons. The quantitative estimate of drug-likeness (QED) is 0.129. The molecule has 11 N–H and O–H groups in total. The maximum absolute atomic E-state index is 13.3. The first-order valence-corrected chi connectivity index (χ1v) is 12.3. The molecule has 0 fully saturated rings. The van der Waals surface area contributed by atoms with Crippen LogP contribution in [-0.4, -0.2) is 69.8 Å². The molecular weight excluding hydrogens is 510 g/mol. The van der Waals surface area contributed by atoms with E-state index in [1.807, 2.05) is 12.1 Å². The van der Waals surface area contributed by atoms with Gasteiger partial charge in [0.1, 0.15) is 18.1 Å². The Morgan fingerprint density at radius 2 is 1.46 bits per heavy atom. The number of carbonyl (C=O) groups is 6. The van der Waals surface area contributed by atoms with E-state index >= 15 is 0 Å². The molecule has 0 saturated heterocycles. The summed E-state index contributed by atoms with van der Waals surface area (Å²) in [4.78, 5) is 76.5. The number of para-hydroxylation sites is 1. The molecule has 0 aliphatic heterocycles. The molecule has 1 heterocycles. The first kappa shape index (κ1) is 30.8. The summed E-state index contributed by atoms with van der Waals surface area (Å²) in [5.41, 5.74) is 17.6. The number of benzene rings is 1. The van der Waals surface area contributed by atoms with Gasteiger partial charge >= 0.3 is 5.97 Å². The molecule has 5 amide bonds. The van der Waals surface area contributed by atoms with E-state index in [9.17, 15) is 33.9 Å². The fourth-order valence-corrected chi connectivity index (χ4v) is 3.80. The number of rotatable bonds is 15. The van der Waals surface area contributed by atoms with Crippen molar-refractivity contribution in [2.24, 2.45) is 23.1 Å². The van der Waals surface area contributed by atoms with Crippen LogP contribution >= 0.6 is 0 Å². The minimum Gasteiger partial charge on any atom is -0.480 e. The zero-order chi connectivity index (χ0) is 29.3. The maximum atomic E-state index is 13.3. The summed E-state index contributed by atoms with van der Waals surface area (Å²) in [6.45, 7) is 3.40. The number of nitrogens with one attached hydrogen (secondary N) is 4. The number of primary amides is 2. The predicted octanol–water partition coefficient (Wildman–Crippen LogP) is -1.63. The van der Waals surface area contributed by atoms with Gasteiger partial charge in [0.2, 0.25) is 29.5 Å². The van der Waals surface area contributed by atoms with Crippen molar-refractivity contribution in [2.45, 2.75) is 63.7 Å². The molecule has 2 aromatic rings. The van der Waals surface area contributed by atoms with Crippen molar-refractivity contribution in [3.63, 3.8) is 0 Å². The molecule has 0 aliphatic rings. The number of hydrogen-bond acceptors (Lipinski definition) is 7. The lowest BCUT2D eigenvalue weighted by molar-refractivity contribution is -0.142. The summed E-state index contributed by atoms with van der Waals surface area (Å²) >= 11 is 0. The van der Waals surface area contributed by atoms with Gasteiger partial charge in [-0.1, -0.05) is 32.0 Å². The first-order valence-electron chi connectivity index (χ1n) is 12.3. The van der Waals surface area contributed by atoms with E-state index in [-0.39, 0.29) is 25.2 Å². The summed E-state index contributed by atoms with van der Waals surface area (Å²) in [5.74, 6) is -5.76. The summed E-state index contributed by atoms with van der Waals surface area (Å²) in [6, 6.07) is 2.00. The van der Waals surface area contributed by atoms with Crippen LogP contribution in [0.5, 0.6) is 0 Å². The van der Waals surface area contributed by atoms with Gasteiger partial charge in [0.25, 0.3) is 0 Å². The Morgan fingerprint density at radius 1 is 0.872 bits per heavy atom. The number of aromatic nitrogens is 1. The Bertz CT molecular complexity index is 1230. The second-order valence-corrected chi connectivity index (χ2v) is 9.53. The molecule has 0 spiro atoms. The number of amides is 5. The molecule has 1 aromatic heterocycles. The van der Waals surface area contributed by atoms with E-state index in [0.29, 0.717) is 5.56 Å². The normalized spacial score (nSPS) is 14.2. The summed E-state index contributed by atoms with van der Waals surface area (Å²) < 4.78 is 0. The molecule has 39 heavy (non-hydrogen) atoms. The first-order chi connectivity index (χ1) is 18.3. The molecule has 4 unspecified atom stereocenters. The Morgan fingerprint density at radius 3 is 2.05 bits per heavy atom. The lowest BCUT2D eigenvalue weighted by Gasteiger charge is -2.25. The van der Waals surface area contributed by atoms with Gasteiger partial charge in [-0.2, -0.15) is 0 Å². The van der Waals surface area contributed by atoms with Gasteiger partial charge < -0.3 is 43.2 Å². The molecule has 0 radical (unpaired) electrons. The Labute approximate surface area is 224 Å². The van der Waals surface area contributed by atoms with E-state index < -0.39 is 66.1 Å². The van der Waals surface area contributed by atoms with E-state index in [1.54, 1.807) is 32.2 Å². The minimum atomic E-state index is -1.46. The molecule has 1 aromatic carbocycles. The predicted molar refractivity (Wildman–Crippen MR) is 140 cm³/mol. The summed E-state index contributed by atoms with van der Waals surface area (Å²) in [5, 5.41) is 17.5. The smallest absolute Gasteiger partial charge is 0.326 e. The van der Waals surface area contributed by atoms with Crippen molar-refractivity contribution >= 4 is 46.4 Å². The standard InChI is InChI=1S/C25H35N7O7/c1-12(2)21(28)24(37)32-18(10-20(27)34)23(36)31-17(9-13-11-29-15-6-4-3-5-14(13)15)22(35)30-16(25(38)39)7-8-19(26)33/h3-6,11-12,16-18,21,29H,7-10,28H2,1-2H3,(H2,26,33)(H2,27,34)(H,30,35)(H,31,36)(H,32,37)(H,38,39). The van der Waals surface area contributed by atoms with Crippen LogP contribution in [0.2, 0.25) is 0 Å². The molecule has 2 rings (SSSR count). The van der Waals surface area contributed by atoms with Crippen LogP contribution in [-0.2, 0) is 35.2 Å². The highest BCUT2D eigenvalue weighted by molar-refractivity contribution is 5.96. The van der Waals surface area contributed by atoms with E-state index in [1.165, 1.54) is 0 Å². The third-order valence-corrected chi connectivity index (χ3v) is 6.09. The van der Waals surface area contributed by atoms with Gasteiger partial charge in [0.05, 0.1) is 12.5 Å². The van der Waals surface area contributed by atoms with Crippen molar-refractivity contribution in [1.29, 1.82) is 0 Å². The molecule has 0 saturated carbocycles. The monoisotopic (exact) mass is 545 g/mol. The number of H-pyrrole nitrogens is 1. The highest BCUT2D eigenvalue weighted by atomic mass is 16.4. The number of hydrogen-bond donors (Lipinski definition) is 8. The summed E-state index contributed by atoms with van der Waals surface area (Å²) in [7, 11) is 0. The third-order valence-electron chi connectivity index (χ3n) is 6.09. The highest BCUT2D eigenvalue weighted by Crippen LogP contribution is 2.19. The largest absolute Gasteiger partial charge is 0.480 e. The molecule has 0 aliphatic carbocycles. The number of nitrogens with two attached hydrogens (primary N) is 3. The number of aromatic amines is 1. The maximum Gasteiger partial charge on any atom is 0.326 e. The fraction of sp³-hybridized carbons (Fsp3) is 0.440. The van der Waals surface area contributed by atoms with E-state index in [2.05, 4.69) is 20.9 Å². The third kappa shape index (κ3) is 9.10. The van der Waals surface area contributed by atoms with Crippen molar-refractivity contribution in [3.8, 4) is 0 Å². The Balaban J connectivity index is 2.34. The van der Waals surface area contributed by atoms with Crippen molar-refractivity contribution in [3.05, 3.63) is 36.0 Å². The number of fused-ring (bicyclic) bond motifs is 1. The minimum absolute atomic E-state index is 0.0769. The Hall–Kier alpha value is -4.46. The van der Waals surface area contributed by atoms with E-state index in [0.717, 1.165) is 10.9 Å². The molecule has 0 bridgehead atoms. The molecule has 14 nitrogen and oxygen atoms in total. The lowest BCUT2D eigenvalue weighted by atomic mass is 10.0. The van der Waals surface area contributed by atoms with Crippen LogP contribution in [0.15, 0.2) is 30.5 Å². The van der Waals surface area contributed by atoms with Gasteiger partial charge in [-0.3, -0.25) is 24.0 Å². The second kappa shape index (κ2) is 13.9. The lowest BCUT2D eigenvalue weighted by Crippen LogP contribution is -2.58. The molecular formula is C25H35N7O7. The number of aliphatic carboxylic acids is 1. The van der Waals surface area contributed by atoms with Gasteiger partial charge in [0, 0.05) is 29.9 Å². The average Bonchev–Trinajstić information content (AvgIpc) is 3.27. The summed E-state index contributed by atoms with van der Waals surface area (Å²) in [6.07, 6.45) is 0.438. The zero-order valence-corrected chi connectivity index (χ0v) is 21.7. The van der Waals surface area contributed by atoms with Crippen LogP contribution in [0.3, 0.4) is 0 Å². The van der Waals surface area contributed by atoms with Crippen LogP contribution < -0.4 is 33.2 Å². The van der Waals surface area contributed by atoms with Gasteiger partial charge in [-0.25, -0.2) is 4.79 Å². The van der Waals surface area contributed by atoms with Gasteiger partial charge in [-0.05, 0) is 24.0 Å². The van der Waals surface area contributed by atoms with Crippen LogP contribution in [0.1, 0.15) is 38.7 Å². The topological polar surface area (TPSA) is 253 Å². The van der Waals surface area contributed by atoms with Crippen molar-refractivity contribution < 1.29 is 33.9 Å². The second-order valence-electron chi connectivity index (χ2n) is 9.53. The van der Waals surface area contributed by atoms with Crippen LogP contribution in [0.4, 0.5) is 0 Å². The number of carboxylic acids is 1. The van der Waals surface area contributed by atoms with Crippen molar-refractivity contribution in [2.75, 3.05) is 0 Å². The zero-order valence-electron chi connectivity index (χ0n) is 21.7. The number of carboxylic acid groups (broad SMARTS) is 1. The van der Waals surface area contributed by atoms with Crippen molar-refractivity contribution in [1.82, 2.24) is 20.9 Å². The fourth-order valence-electron chi connectivity index (χ4n) is 3.80. The Kier molecular flexibility index (Phi) is 11.0. The highest BCUT2D eigenvalue weighted by Gasteiger charge is 2.32. The van der Waals surface area contributed by atoms with Gasteiger partial charge in [0.15, 0.2) is 0 Å². The van der Waals surface area contributed by atoms with Crippen LogP contribution in [0, 0.1) is 5.92 Å². The van der Waals surface area contributed by atoms with E-state index in [4.69, 9.17) is 17.2 Å². The molecule has 4 atom stereocenters. The SMILES string of the molecule is CC(C)C(N)C(=O)NC(CC(N)=O)C(=O)NC(Cc1c[nH]c2ccccc12)C(=O)NC(CCC(N)=O)C(=O)O. The van der Waals surface area contributed by atoms with Gasteiger partial charge in [-0.15, -0.1) is 0 Å². The average molecular weight is 546 g/mol. The molecule has 14 heteroatoms. The van der Waals surface area contributed by atoms with Crippen LogP contribution in [0.25, 0.3) is 10.9 Å².